The Kier molecular flexibility index (Phi) is 4.55. The lowest BCUT2D eigenvalue weighted by Gasteiger charge is -2.24. The van der Waals surface area contributed by atoms with Crippen LogP contribution in [-0.4, -0.2) is 35.7 Å². The highest BCUT2D eigenvalue weighted by Gasteiger charge is 2.21. The Hall–Kier alpha value is -2.71. The number of pyridine rings is 1. The SMILES string of the molecule is Cc1ccn2cc(C(=O)N(C)C(C)c3ccc(S(N)(=O)=O)cc3)nc2c1. The van der Waals surface area contributed by atoms with E-state index in [0.29, 0.717) is 11.3 Å². The number of amides is 1. The number of hydrogen-bond acceptors (Lipinski definition) is 4. The predicted octanol–water partition coefficient (Wildman–Crippen LogP) is 2.12. The molecule has 8 heteroatoms. The summed E-state index contributed by atoms with van der Waals surface area (Å²) in [7, 11) is -2.05. The third-order valence-electron chi connectivity index (χ3n) is 4.43. The second-order valence-electron chi connectivity index (χ2n) is 6.30. The first kappa shape index (κ1) is 18.1. The quantitative estimate of drug-likeness (QED) is 0.758. The lowest BCUT2D eigenvalue weighted by molar-refractivity contribution is 0.0737. The van der Waals surface area contributed by atoms with Gasteiger partial charge in [-0.15, -0.1) is 0 Å². The zero-order valence-corrected chi connectivity index (χ0v) is 15.6. The van der Waals surface area contributed by atoms with Gasteiger partial charge in [0.15, 0.2) is 0 Å². The van der Waals surface area contributed by atoms with Crippen LogP contribution in [0.3, 0.4) is 0 Å². The molecule has 0 saturated carbocycles. The van der Waals surface area contributed by atoms with Gasteiger partial charge in [0.2, 0.25) is 10.0 Å². The van der Waals surface area contributed by atoms with Crippen molar-refractivity contribution < 1.29 is 13.2 Å². The van der Waals surface area contributed by atoms with Gasteiger partial charge in [-0.1, -0.05) is 12.1 Å². The number of aromatic nitrogens is 2. The van der Waals surface area contributed by atoms with Gasteiger partial charge < -0.3 is 9.30 Å². The van der Waals surface area contributed by atoms with Gasteiger partial charge in [0.25, 0.3) is 5.91 Å². The summed E-state index contributed by atoms with van der Waals surface area (Å²) < 4.78 is 24.5. The number of nitrogens with two attached hydrogens (primary N) is 1. The number of aryl methyl sites for hydroxylation is 1. The number of rotatable bonds is 4. The highest BCUT2D eigenvalue weighted by atomic mass is 32.2. The van der Waals surface area contributed by atoms with Gasteiger partial charge in [0.05, 0.1) is 10.9 Å². The largest absolute Gasteiger partial charge is 0.334 e. The van der Waals surface area contributed by atoms with E-state index in [1.807, 2.05) is 32.2 Å². The van der Waals surface area contributed by atoms with Gasteiger partial charge in [0.1, 0.15) is 11.3 Å². The number of carbonyl (C=O) groups excluding carboxylic acids is 1. The molecule has 3 rings (SSSR count). The third-order valence-corrected chi connectivity index (χ3v) is 5.36. The Bertz CT molecular complexity index is 1070. The summed E-state index contributed by atoms with van der Waals surface area (Å²) in [4.78, 5) is 18.8. The van der Waals surface area contributed by atoms with E-state index in [1.165, 1.54) is 12.1 Å². The van der Waals surface area contributed by atoms with Crippen LogP contribution < -0.4 is 5.14 Å². The molecule has 0 bridgehead atoms. The molecule has 0 spiro atoms. The normalized spacial score (nSPS) is 12.9. The van der Waals surface area contributed by atoms with Crippen molar-refractivity contribution in [3.8, 4) is 0 Å². The molecule has 0 aliphatic carbocycles. The monoisotopic (exact) mass is 372 g/mol. The molecular weight excluding hydrogens is 352 g/mol. The number of benzene rings is 1. The zero-order chi connectivity index (χ0) is 19.1. The maximum absolute atomic E-state index is 12.8. The molecule has 2 N–H and O–H groups in total. The second kappa shape index (κ2) is 6.54. The molecule has 0 aliphatic heterocycles. The molecule has 0 aliphatic rings. The molecule has 2 aromatic heterocycles. The van der Waals surface area contributed by atoms with E-state index in [1.54, 1.807) is 34.7 Å². The summed E-state index contributed by atoms with van der Waals surface area (Å²) >= 11 is 0. The number of sulfonamides is 1. The minimum atomic E-state index is -3.74. The highest BCUT2D eigenvalue weighted by Crippen LogP contribution is 2.22. The molecular formula is C18H20N4O3S. The molecule has 1 atom stereocenters. The number of nitrogens with zero attached hydrogens (tertiary/aromatic N) is 3. The van der Waals surface area contributed by atoms with E-state index in [9.17, 15) is 13.2 Å². The topological polar surface area (TPSA) is 97.8 Å². The van der Waals surface area contributed by atoms with Gasteiger partial charge in [-0.3, -0.25) is 4.79 Å². The van der Waals surface area contributed by atoms with Crippen LogP contribution in [0.1, 0.15) is 34.6 Å². The molecule has 2 heterocycles. The molecule has 1 unspecified atom stereocenters. The maximum atomic E-state index is 12.8. The average Bonchev–Trinajstić information content (AvgIpc) is 3.02. The highest BCUT2D eigenvalue weighted by molar-refractivity contribution is 7.89. The Labute approximate surface area is 152 Å². The summed E-state index contributed by atoms with van der Waals surface area (Å²) in [6.07, 6.45) is 3.56. The van der Waals surface area contributed by atoms with Crippen LogP contribution in [0.15, 0.2) is 53.7 Å². The first-order valence-electron chi connectivity index (χ1n) is 8.02. The Morgan fingerprint density at radius 1 is 1.23 bits per heavy atom. The second-order valence-corrected chi connectivity index (χ2v) is 7.86. The van der Waals surface area contributed by atoms with Crippen LogP contribution in [-0.2, 0) is 10.0 Å². The molecule has 0 fully saturated rings. The van der Waals surface area contributed by atoms with Gasteiger partial charge in [-0.05, 0) is 49.2 Å². The summed E-state index contributed by atoms with van der Waals surface area (Å²) in [5.41, 5.74) is 2.93. The van der Waals surface area contributed by atoms with E-state index in [2.05, 4.69) is 4.98 Å². The minimum Gasteiger partial charge on any atom is -0.334 e. The van der Waals surface area contributed by atoms with Crippen LogP contribution >= 0.6 is 0 Å². The van der Waals surface area contributed by atoms with Crippen LogP contribution in [0.5, 0.6) is 0 Å². The fraction of sp³-hybridized carbons (Fsp3) is 0.222. The maximum Gasteiger partial charge on any atom is 0.274 e. The standard InChI is InChI=1S/C18H20N4O3S/c1-12-8-9-22-11-16(20-17(22)10-12)18(23)21(3)13(2)14-4-6-15(7-5-14)26(19,24)25/h4-11,13H,1-3H3,(H2,19,24,25). The fourth-order valence-corrected chi connectivity index (χ4v) is 3.22. The Morgan fingerprint density at radius 3 is 2.50 bits per heavy atom. The van der Waals surface area contributed by atoms with Crippen molar-refractivity contribution >= 4 is 21.6 Å². The van der Waals surface area contributed by atoms with Gasteiger partial charge >= 0.3 is 0 Å². The summed E-state index contributed by atoms with van der Waals surface area (Å²) in [5, 5.41) is 5.11. The number of fused-ring (bicyclic) bond motifs is 1. The van der Waals surface area contributed by atoms with Crippen molar-refractivity contribution in [1.29, 1.82) is 0 Å². The van der Waals surface area contributed by atoms with E-state index in [0.717, 1.165) is 11.1 Å². The minimum absolute atomic E-state index is 0.0400. The Balaban J connectivity index is 1.84. The van der Waals surface area contributed by atoms with Gasteiger partial charge in [-0.2, -0.15) is 0 Å². The molecule has 0 radical (unpaired) electrons. The molecule has 136 valence electrons. The molecule has 7 nitrogen and oxygen atoms in total. The molecule has 1 aromatic carbocycles. The summed E-state index contributed by atoms with van der Waals surface area (Å²) in [6.45, 7) is 3.83. The van der Waals surface area contributed by atoms with E-state index in [-0.39, 0.29) is 16.8 Å². The van der Waals surface area contributed by atoms with Crippen molar-refractivity contribution in [1.82, 2.24) is 14.3 Å². The number of primary sulfonamides is 1. The van der Waals surface area contributed by atoms with Gasteiger partial charge in [0, 0.05) is 19.4 Å². The first-order chi connectivity index (χ1) is 12.2. The molecule has 0 saturated heterocycles. The van der Waals surface area contributed by atoms with Crippen molar-refractivity contribution in [2.45, 2.75) is 24.8 Å². The predicted molar refractivity (Wildman–Crippen MR) is 98.3 cm³/mol. The fourth-order valence-electron chi connectivity index (χ4n) is 2.70. The van der Waals surface area contributed by atoms with Crippen molar-refractivity contribution in [2.75, 3.05) is 7.05 Å². The Morgan fingerprint density at radius 2 is 1.88 bits per heavy atom. The van der Waals surface area contributed by atoms with Gasteiger partial charge in [-0.25, -0.2) is 18.5 Å². The lowest BCUT2D eigenvalue weighted by atomic mass is 10.1. The van der Waals surface area contributed by atoms with E-state index in [4.69, 9.17) is 5.14 Å². The zero-order valence-electron chi connectivity index (χ0n) is 14.7. The van der Waals surface area contributed by atoms with Crippen LogP contribution in [0.2, 0.25) is 0 Å². The molecule has 3 aromatic rings. The van der Waals surface area contributed by atoms with Crippen LogP contribution in [0.4, 0.5) is 0 Å². The van der Waals surface area contributed by atoms with E-state index >= 15 is 0 Å². The van der Waals surface area contributed by atoms with Crippen molar-refractivity contribution in [3.05, 3.63) is 65.6 Å². The number of hydrogen-bond donors (Lipinski definition) is 1. The van der Waals surface area contributed by atoms with E-state index < -0.39 is 10.0 Å². The first-order valence-corrected chi connectivity index (χ1v) is 9.57. The number of imidazole rings is 1. The van der Waals surface area contributed by atoms with Crippen molar-refractivity contribution in [2.24, 2.45) is 5.14 Å². The number of carbonyl (C=O) groups is 1. The summed E-state index contributed by atoms with van der Waals surface area (Å²) in [5.74, 6) is -0.214. The molecule has 1 amide bonds. The summed E-state index contributed by atoms with van der Waals surface area (Å²) in [6, 6.07) is 9.78. The average molecular weight is 372 g/mol. The third kappa shape index (κ3) is 3.47. The van der Waals surface area contributed by atoms with Crippen LogP contribution in [0, 0.1) is 6.92 Å². The lowest BCUT2D eigenvalue weighted by Crippen LogP contribution is -2.30. The van der Waals surface area contributed by atoms with Crippen LogP contribution in [0.25, 0.3) is 5.65 Å². The smallest absolute Gasteiger partial charge is 0.274 e. The molecule has 26 heavy (non-hydrogen) atoms. The van der Waals surface area contributed by atoms with Crippen molar-refractivity contribution in [3.63, 3.8) is 0 Å².